The van der Waals surface area contributed by atoms with E-state index in [1.807, 2.05) is 0 Å². The summed E-state index contributed by atoms with van der Waals surface area (Å²) in [5.41, 5.74) is -1.41. The maximum absolute atomic E-state index is 12.8. The Labute approximate surface area is 102 Å². The highest BCUT2D eigenvalue weighted by Gasteiger charge is 2.51. The Bertz CT molecular complexity index is 244. The van der Waals surface area contributed by atoms with E-state index in [9.17, 15) is 13.2 Å². The van der Waals surface area contributed by atoms with Gasteiger partial charge in [-0.15, -0.1) is 0 Å². The molecular formula is C13H24F3N. The van der Waals surface area contributed by atoms with E-state index in [0.717, 1.165) is 6.54 Å². The first-order valence-corrected chi connectivity index (χ1v) is 6.35. The lowest BCUT2D eigenvalue weighted by Crippen LogP contribution is -2.43. The maximum Gasteiger partial charge on any atom is 0.394 e. The molecule has 1 rings (SSSR count). The van der Waals surface area contributed by atoms with E-state index < -0.39 is 11.6 Å². The van der Waals surface area contributed by atoms with E-state index in [1.54, 1.807) is 0 Å². The SMILES string of the molecule is CC(C)(C)NC[C@H]1CC[C@](C)(C(F)(F)F)CC1. The Morgan fingerprint density at radius 3 is 1.94 bits per heavy atom. The predicted molar refractivity (Wildman–Crippen MR) is 63.9 cm³/mol. The Morgan fingerprint density at radius 2 is 1.59 bits per heavy atom. The molecule has 0 atom stereocenters. The molecule has 17 heavy (non-hydrogen) atoms. The van der Waals surface area contributed by atoms with Gasteiger partial charge in [0.05, 0.1) is 5.41 Å². The van der Waals surface area contributed by atoms with Crippen molar-refractivity contribution in [2.24, 2.45) is 11.3 Å². The first kappa shape index (κ1) is 14.8. The normalized spacial score (nSPS) is 31.6. The van der Waals surface area contributed by atoms with Gasteiger partial charge in [0.25, 0.3) is 0 Å². The van der Waals surface area contributed by atoms with Crippen LogP contribution in [0.1, 0.15) is 53.4 Å². The van der Waals surface area contributed by atoms with E-state index in [4.69, 9.17) is 0 Å². The summed E-state index contributed by atoms with van der Waals surface area (Å²) in [7, 11) is 0. The van der Waals surface area contributed by atoms with Crippen molar-refractivity contribution in [3.8, 4) is 0 Å². The number of hydrogen-bond donors (Lipinski definition) is 1. The van der Waals surface area contributed by atoms with Crippen molar-refractivity contribution in [1.29, 1.82) is 0 Å². The molecule has 0 spiro atoms. The number of hydrogen-bond acceptors (Lipinski definition) is 1. The van der Waals surface area contributed by atoms with Gasteiger partial charge >= 0.3 is 6.18 Å². The van der Waals surface area contributed by atoms with Crippen LogP contribution in [-0.2, 0) is 0 Å². The summed E-state index contributed by atoms with van der Waals surface area (Å²) in [6, 6.07) is 0. The zero-order chi connectivity index (χ0) is 13.3. The van der Waals surface area contributed by atoms with Crippen LogP contribution in [0.3, 0.4) is 0 Å². The van der Waals surface area contributed by atoms with Crippen LogP contribution in [0.5, 0.6) is 0 Å². The fourth-order valence-electron chi connectivity index (χ4n) is 2.25. The summed E-state index contributed by atoms with van der Waals surface area (Å²) < 4.78 is 38.4. The van der Waals surface area contributed by atoms with Gasteiger partial charge in [-0.25, -0.2) is 0 Å². The average molecular weight is 251 g/mol. The molecule has 0 aromatic carbocycles. The van der Waals surface area contributed by atoms with Gasteiger partial charge in [0, 0.05) is 5.54 Å². The largest absolute Gasteiger partial charge is 0.394 e. The third-order valence-corrected chi connectivity index (χ3v) is 3.81. The standard InChI is InChI=1S/C13H24F3N/c1-11(2,3)17-9-10-5-7-12(4,8-6-10)13(14,15)16/h10,17H,5-9H2,1-4H3/t10-,12-. The molecule has 1 aliphatic carbocycles. The van der Waals surface area contributed by atoms with E-state index in [2.05, 4.69) is 26.1 Å². The van der Waals surface area contributed by atoms with Gasteiger partial charge in [0.2, 0.25) is 0 Å². The van der Waals surface area contributed by atoms with Crippen molar-refractivity contribution in [3.63, 3.8) is 0 Å². The molecule has 0 amide bonds. The highest BCUT2D eigenvalue weighted by Crippen LogP contribution is 2.49. The molecule has 0 aromatic rings. The van der Waals surface area contributed by atoms with Gasteiger partial charge in [-0.05, 0) is 58.9 Å². The minimum atomic E-state index is -4.05. The first-order valence-electron chi connectivity index (χ1n) is 6.35. The highest BCUT2D eigenvalue weighted by atomic mass is 19.4. The number of rotatable bonds is 2. The Kier molecular flexibility index (Phi) is 4.17. The second-order valence-corrected chi connectivity index (χ2v) is 6.63. The van der Waals surface area contributed by atoms with Gasteiger partial charge in [-0.2, -0.15) is 13.2 Å². The topological polar surface area (TPSA) is 12.0 Å². The van der Waals surface area contributed by atoms with Crippen LogP contribution < -0.4 is 5.32 Å². The molecule has 0 saturated heterocycles. The van der Waals surface area contributed by atoms with Crippen molar-refractivity contribution in [1.82, 2.24) is 5.32 Å². The summed E-state index contributed by atoms with van der Waals surface area (Å²) in [5.74, 6) is 0.393. The van der Waals surface area contributed by atoms with Crippen LogP contribution in [-0.4, -0.2) is 18.3 Å². The smallest absolute Gasteiger partial charge is 0.312 e. The lowest BCUT2D eigenvalue weighted by molar-refractivity contribution is -0.229. The quantitative estimate of drug-likeness (QED) is 0.778. The lowest BCUT2D eigenvalue weighted by Gasteiger charge is -2.39. The molecule has 0 radical (unpaired) electrons. The molecule has 1 nitrogen and oxygen atoms in total. The number of nitrogens with one attached hydrogen (secondary N) is 1. The third kappa shape index (κ3) is 4.16. The molecule has 1 aliphatic rings. The first-order chi connectivity index (χ1) is 7.54. The molecule has 0 aliphatic heterocycles. The molecule has 0 heterocycles. The molecule has 0 unspecified atom stereocenters. The molecule has 4 heteroatoms. The summed E-state index contributed by atoms with van der Waals surface area (Å²) in [6.07, 6.45) is -2.15. The van der Waals surface area contributed by atoms with Gasteiger partial charge in [-0.3, -0.25) is 0 Å². The van der Waals surface area contributed by atoms with Crippen LogP contribution in [0.4, 0.5) is 13.2 Å². The summed E-state index contributed by atoms with van der Waals surface area (Å²) in [6.45, 7) is 8.43. The highest BCUT2D eigenvalue weighted by molar-refractivity contribution is 4.88. The Balaban J connectivity index is 2.41. The van der Waals surface area contributed by atoms with Crippen molar-refractivity contribution < 1.29 is 13.2 Å². The van der Waals surface area contributed by atoms with Gasteiger partial charge in [0.1, 0.15) is 0 Å². The predicted octanol–water partition coefficient (Wildman–Crippen LogP) is 4.13. The minimum absolute atomic E-state index is 0.0464. The fourth-order valence-corrected chi connectivity index (χ4v) is 2.25. The van der Waals surface area contributed by atoms with Gasteiger partial charge < -0.3 is 5.32 Å². The lowest BCUT2D eigenvalue weighted by atomic mass is 9.71. The Morgan fingerprint density at radius 1 is 1.12 bits per heavy atom. The second kappa shape index (κ2) is 4.79. The molecule has 0 bridgehead atoms. The zero-order valence-electron chi connectivity index (χ0n) is 11.2. The van der Waals surface area contributed by atoms with Crippen LogP contribution in [0.25, 0.3) is 0 Å². The molecule has 1 saturated carbocycles. The second-order valence-electron chi connectivity index (χ2n) is 6.63. The third-order valence-electron chi connectivity index (χ3n) is 3.81. The summed E-state index contributed by atoms with van der Waals surface area (Å²) >= 11 is 0. The molecule has 1 N–H and O–H groups in total. The molecule has 0 aromatic heterocycles. The summed E-state index contributed by atoms with van der Waals surface area (Å²) in [5, 5.41) is 3.38. The zero-order valence-corrected chi connectivity index (χ0v) is 11.2. The van der Waals surface area contributed by atoms with E-state index >= 15 is 0 Å². The monoisotopic (exact) mass is 251 g/mol. The maximum atomic E-state index is 12.8. The van der Waals surface area contributed by atoms with Crippen LogP contribution in [0.15, 0.2) is 0 Å². The minimum Gasteiger partial charge on any atom is -0.312 e. The average Bonchev–Trinajstić information content (AvgIpc) is 2.14. The van der Waals surface area contributed by atoms with Crippen LogP contribution in [0.2, 0.25) is 0 Å². The van der Waals surface area contributed by atoms with Crippen molar-refractivity contribution in [2.75, 3.05) is 6.54 Å². The van der Waals surface area contributed by atoms with E-state index in [1.165, 1.54) is 6.92 Å². The fraction of sp³-hybridized carbons (Fsp3) is 1.00. The van der Waals surface area contributed by atoms with Gasteiger partial charge in [0.15, 0.2) is 0 Å². The van der Waals surface area contributed by atoms with Gasteiger partial charge in [-0.1, -0.05) is 6.92 Å². The van der Waals surface area contributed by atoms with Crippen LogP contribution >= 0.6 is 0 Å². The molecular weight excluding hydrogens is 227 g/mol. The van der Waals surface area contributed by atoms with Crippen molar-refractivity contribution in [3.05, 3.63) is 0 Å². The van der Waals surface area contributed by atoms with Crippen molar-refractivity contribution >= 4 is 0 Å². The number of alkyl halides is 3. The Hall–Kier alpha value is -0.250. The van der Waals surface area contributed by atoms with E-state index in [0.29, 0.717) is 18.8 Å². The number of halogens is 3. The van der Waals surface area contributed by atoms with Crippen molar-refractivity contribution in [2.45, 2.75) is 65.1 Å². The summed E-state index contributed by atoms with van der Waals surface area (Å²) in [4.78, 5) is 0. The van der Waals surface area contributed by atoms with E-state index in [-0.39, 0.29) is 18.4 Å². The molecule has 1 fully saturated rings. The van der Waals surface area contributed by atoms with Crippen LogP contribution in [0, 0.1) is 11.3 Å². The molecule has 102 valence electrons.